The number of likely N-dealkylation sites (N-methyl/N-ethyl adjacent to an activating group) is 2. The number of methoxy groups -OCH3 is 2. The van der Waals surface area contributed by atoms with Gasteiger partial charge in [-0.2, -0.15) is 0 Å². The summed E-state index contributed by atoms with van der Waals surface area (Å²) in [6.45, 7) is 2.36. The normalized spacial score (nSPS) is 16.4. The highest BCUT2D eigenvalue weighted by molar-refractivity contribution is 8.01. The van der Waals surface area contributed by atoms with Gasteiger partial charge < -0.3 is 43.7 Å². The molecule has 2 N–H and O–H groups in total. The van der Waals surface area contributed by atoms with Crippen LogP contribution in [-0.2, 0) is 19.1 Å². The molecule has 1 atom stereocenters. The molecule has 0 aliphatic carbocycles. The largest absolute Gasteiger partial charge is 0.493 e. The van der Waals surface area contributed by atoms with Gasteiger partial charge in [0.15, 0.2) is 23.0 Å². The lowest BCUT2D eigenvalue weighted by atomic mass is 9.90. The van der Waals surface area contributed by atoms with Crippen molar-refractivity contribution in [2.45, 2.75) is 22.5 Å². The summed E-state index contributed by atoms with van der Waals surface area (Å²) < 4.78 is 27.0. The van der Waals surface area contributed by atoms with Crippen LogP contribution in [-0.4, -0.2) is 87.8 Å². The van der Waals surface area contributed by atoms with Crippen molar-refractivity contribution in [1.82, 2.24) is 4.90 Å². The highest BCUT2D eigenvalue weighted by atomic mass is 32.2. The Labute approximate surface area is 265 Å². The number of rotatable bonds is 11. The van der Waals surface area contributed by atoms with Gasteiger partial charge in [0.1, 0.15) is 17.1 Å². The van der Waals surface area contributed by atoms with E-state index < -0.39 is 16.7 Å². The van der Waals surface area contributed by atoms with Gasteiger partial charge in [-0.05, 0) is 68.4 Å². The molecule has 1 amide bonds. The van der Waals surface area contributed by atoms with Gasteiger partial charge in [0.05, 0.1) is 19.9 Å². The number of ether oxygens (including phenoxy) is 5. The van der Waals surface area contributed by atoms with Gasteiger partial charge in [-0.1, -0.05) is 18.2 Å². The Balaban J connectivity index is 0.000000700. The van der Waals surface area contributed by atoms with E-state index in [4.69, 9.17) is 43.5 Å². The molecule has 2 heterocycles. The first kappa shape index (κ1) is 33.3. The van der Waals surface area contributed by atoms with Crippen LogP contribution in [0.15, 0.2) is 65.6 Å². The SMILES string of the molecule is COc1ccc(C2(CCCN(C)CCOc3ccc4c(c3)OCO4)Sc3ccccc3N(C)C2=O)cc1OC.O=C(O)C(=O)O. The van der Waals surface area contributed by atoms with E-state index in [2.05, 4.69) is 18.0 Å². The third-order valence-corrected chi connectivity index (χ3v) is 8.88. The number of para-hydroxylation sites is 1. The lowest BCUT2D eigenvalue weighted by Gasteiger charge is -2.41. The first-order valence-corrected chi connectivity index (χ1v) is 14.9. The Morgan fingerprint density at radius 2 is 1.67 bits per heavy atom. The van der Waals surface area contributed by atoms with Gasteiger partial charge in [0.2, 0.25) is 12.7 Å². The zero-order valence-electron chi connectivity index (χ0n) is 25.5. The van der Waals surface area contributed by atoms with Crippen molar-refractivity contribution in [2.24, 2.45) is 0 Å². The van der Waals surface area contributed by atoms with Crippen molar-refractivity contribution >= 4 is 35.3 Å². The van der Waals surface area contributed by atoms with E-state index in [1.54, 1.807) is 30.9 Å². The summed E-state index contributed by atoms with van der Waals surface area (Å²) in [5, 5.41) is 14.8. The molecule has 0 spiro atoms. The summed E-state index contributed by atoms with van der Waals surface area (Å²) in [6.07, 6.45) is 1.49. The number of carboxylic acids is 2. The van der Waals surface area contributed by atoms with Gasteiger partial charge in [0.25, 0.3) is 0 Å². The van der Waals surface area contributed by atoms with Crippen LogP contribution in [0.4, 0.5) is 5.69 Å². The van der Waals surface area contributed by atoms with E-state index in [0.29, 0.717) is 30.3 Å². The average molecular weight is 641 g/mol. The number of thioether (sulfide) groups is 1. The summed E-state index contributed by atoms with van der Waals surface area (Å²) in [4.78, 5) is 37.3. The van der Waals surface area contributed by atoms with Crippen LogP contribution in [0.25, 0.3) is 0 Å². The monoisotopic (exact) mass is 640 g/mol. The molecular weight excluding hydrogens is 604 g/mol. The Hall–Kier alpha value is -4.62. The fraction of sp³-hybridized carbons (Fsp3) is 0.344. The number of amides is 1. The van der Waals surface area contributed by atoms with Crippen LogP contribution in [0, 0.1) is 0 Å². The quantitative estimate of drug-likeness (QED) is 0.288. The van der Waals surface area contributed by atoms with Crippen LogP contribution in [0.1, 0.15) is 18.4 Å². The van der Waals surface area contributed by atoms with Gasteiger partial charge in [-0.25, -0.2) is 9.59 Å². The highest BCUT2D eigenvalue weighted by Crippen LogP contribution is 2.53. The maximum absolute atomic E-state index is 14.0. The minimum Gasteiger partial charge on any atom is -0.493 e. The summed E-state index contributed by atoms with van der Waals surface area (Å²) in [5.74, 6) is -0.125. The Kier molecular flexibility index (Phi) is 11.0. The highest BCUT2D eigenvalue weighted by Gasteiger charge is 2.47. The van der Waals surface area contributed by atoms with Crippen molar-refractivity contribution in [3.8, 4) is 28.7 Å². The second-order valence-electron chi connectivity index (χ2n) is 10.2. The lowest BCUT2D eigenvalue weighted by Crippen LogP contribution is -2.46. The number of anilines is 1. The van der Waals surface area contributed by atoms with E-state index >= 15 is 0 Å². The van der Waals surface area contributed by atoms with E-state index in [0.717, 1.165) is 47.2 Å². The zero-order chi connectivity index (χ0) is 32.6. The number of benzene rings is 3. The molecule has 0 bridgehead atoms. The molecule has 13 heteroatoms. The molecule has 12 nitrogen and oxygen atoms in total. The minimum atomic E-state index is -1.82. The summed E-state index contributed by atoms with van der Waals surface area (Å²) >= 11 is 1.63. The van der Waals surface area contributed by atoms with Crippen molar-refractivity contribution in [3.05, 3.63) is 66.2 Å². The van der Waals surface area contributed by atoms with E-state index in [9.17, 15) is 4.79 Å². The Bertz CT molecular complexity index is 1520. The zero-order valence-corrected chi connectivity index (χ0v) is 26.3. The smallest absolute Gasteiger partial charge is 0.414 e. The topological polar surface area (TPSA) is 144 Å². The summed E-state index contributed by atoms with van der Waals surface area (Å²) in [7, 11) is 7.16. The second-order valence-corrected chi connectivity index (χ2v) is 11.6. The number of carbonyl (C=O) groups is 3. The second kappa shape index (κ2) is 14.9. The molecule has 0 saturated heterocycles. The average Bonchev–Trinajstić information content (AvgIpc) is 3.51. The van der Waals surface area contributed by atoms with Gasteiger partial charge in [-0.15, -0.1) is 11.8 Å². The fourth-order valence-electron chi connectivity index (χ4n) is 5.00. The number of carbonyl (C=O) groups excluding carboxylic acids is 1. The maximum atomic E-state index is 14.0. The molecule has 0 saturated carbocycles. The number of fused-ring (bicyclic) bond motifs is 2. The number of nitrogens with zero attached hydrogens (tertiary/aromatic N) is 2. The molecule has 0 aromatic heterocycles. The standard InChI is InChI=1S/C30H34N2O6S.C2H2O4/c1-31(16-17-36-22-11-13-25-27(19-22)38-20-37-25)15-7-14-30(21-10-12-24(34-3)26(18-21)35-4)29(33)32(2)23-8-5-6-9-28(23)39-30;3-1(4)2(5)6/h5-6,8-13,18-19H,7,14-17,20H2,1-4H3;(H,3,4)(H,5,6). The molecule has 0 fully saturated rings. The third kappa shape index (κ3) is 7.73. The third-order valence-electron chi connectivity index (χ3n) is 7.35. The molecule has 2 aliphatic heterocycles. The van der Waals surface area contributed by atoms with Crippen LogP contribution in [0.5, 0.6) is 28.7 Å². The Morgan fingerprint density at radius 1 is 0.956 bits per heavy atom. The maximum Gasteiger partial charge on any atom is 0.414 e. The Morgan fingerprint density at radius 3 is 2.38 bits per heavy atom. The molecular formula is C32H36N2O10S. The molecule has 3 aromatic rings. The van der Waals surface area contributed by atoms with Crippen molar-refractivity contribution in [2.75, 3.05) is 59.7 Å². The summed E-state index contributed by atoms with van der Waals surface area (Å²) in [6, 6.07) is 19.5. The number of carboxylic acid groups (broad SMARTS) is 2. The molecule has 45 heavy (non-hydrogen) atoms. The first-order chi connectivity index (χ1) is 21.6. The van der Waals surface area contributed by atoms with Crippen LogP contribution in [0.3, 0.4) is 0 Å². The van der Waals surface area contributed by atoms with Crippen molar-refractivity contribution in [3.63, 3.8) is 0 Å². The number of hydrogen-bond acceptors (Lipinski definition) is 10. The van der Waals surface area contributed by atoms with Gasteiger partial charge in [0, 0.05) is 24.6 Å². The van der Waals surface area contributed by atoms with Crippen molar-refractivity contribution < 1.29 is 48.3 Å². The lowest BCUT2D eigenvalue weighted by molar-refractivity contribution is -0.159. The van der Waals surface area contributed by atoms with Crippen LogP contribution < -0.4 is 28.6 Å². The predicted molar refractivity (Wildman–Crippen MR) is 167 cm³/mol. The van der Waals surface area contributed by atoms with Gasteiger partial charge in [-0.3, -0.25) is 4.79 Å². The molecule has 240 valence electrons. The van der Waals surface area contributed by atoms with Crippen molar-refractivity contribution in [1.29, 1.82) is 0 Å². The first-order valence-electron chi connectivity index (χ1n) is 14.1. The molecule has 3 aromatic carbocycles. The molecule has 5 rings (SSSR count). The van der Waals surface area contributed by atoms with E-state index in [1.807, 2.05) is 61.6 Å². The number of aliphatic carboxylic acids is 2. The number of hydrogen-bond donors (Lipinski definition) is 2. The van der Waals surface area contributed by atoms with Gasteiger partial charge >= 0.3 is 11.9 Å². The fourth-order valence-corrected chi connectivity index (χ4v) is 6.55. The van der Waals surface area contributed by atoms with E-state index in [-0.39, 0.29) is 12.7 Å². The molecule has 1 unspecified atom stereocenters. The predicted octanol–water partition coefficient (Wildman–Crippen LogP) is 4.34. The van der Waals surface area contributed by atoms with E-state index in [1.165, 1.54) is 0 Å². The molecule has 0 radical (unpaired) electrons. The van der Waals surface area contributed by atoms with Crippen LogP contribution >= 0.6 is 11.8 Å². The van der Waals surface area contributed by atoms with Crippen LogP contribution in [0.2, 0.25) is 0 Å². The minimum absolute atomic E-state index is 0.0622. The summed E-state index contributed by atoms with van der Waals surface area (Å²) in [5.41, 5.74) is 1.84. The molecule has 2 aliphatic rings.